The fourth-order valence-corrected chi connectivity index (χ4v) is 5.65. The van der Waals surface area contributed by atoms with Gasteiger partial charge in [-0.2, -0.15) is 0 Å². The van der Waals surface area contributed by atoms with E-state index in [0.29, 0.717) is 0 Å². The van der Waals surface area contributed by atoms with Crippen LogP contribution in [0, 0.1) is 6.92 Å². The number of hydrogen-bond acceptors (Lipinski definition) is 0. The highest BCUT2D eigenvalue weighted by molar-refractivity contribution is 6.24. The summed E-state index contributed by atoms with van der Waals surface area (Å²) in [6, 6.07) is 37.7. The molecule has 0 heterocycles. The summed E-state index contributed by atoms with van der Waals surface area (Å²) >= 11 is 0. The van der Waals surface area contributed by atoms with Crippen LogP contribution >= 0.6 is 0 Å². The van der Waals surface area contributed by atoms with Gasteiger partial charge in [-0.25, -0.2) is 0 Å². The van der Waals surface area contributed by atoms with Crippen molar-refractivity contribution in [2.24, 2.45) is 0 Å². The van der Waals surface area contributed by atoms with Crippen LogP contribution in [0.15, 0.2) is 116 Å². The van der Waals surface area contributed by atoms with Gasteiger partial charge in [0.2, 0.25) is 0 Å². The quantitative estimate of drug-likeness (QED) is 0.229. The summed E-state index contributed by atoms with van der Waals surface area (Å²) < 4.78 is 0. The van der Waals surface area contributed by atoms with Gasteiger partial charge in [0.25, 0.3) is 0 Å². The first-order chi connectivity index (χ1) is 17.7. The molecular formula is C36H28. The standard InChI is InChI=1S/C36H28/c1-4-12-27-25(5-2)14-10-19-29(27)35-31-17-8-9-18-32(31)36(34-23-24(3)21-22-33(34)35)30-20-11-15-26-13-6-7-16-28(26)30/h4-23H,2H2,1,3H3/b12-4-. The molecule has 0 saturated heterocycles. The fraction of sp³-hybridized carbons (Fsp3) is 0.0556. The van der Waals surface area contributed by atoms with Gasteiger partial charge in [0, 0.05) is 0 Å². The average molecular weight is 461 g/mol. The molecule has 0 aromatic heterocycles. The summed E-state index contributed by atoms with van der Waals surface area (Å²) in [5, 5.41) is 7.65. The van der Waals surface area contributed by atoms with Crippen molar-refractivity contribution in [3.8, 4) is 22.3 Å². The van der Waals surface area contributed by atoms with E-state index in [1.807, 2.05) is 6.08 Å². The molecule has 0 radical (unpaired) electrons. The molecule has 0 aliphatic heterocycles. The number of aryl methyl sites for hydroxylation is 1. The molecule has 0 heteroatoms. The van der Waals surface area contributed by atoms with Gasteiger partial charge in [0.05, 0.1) is 0 Å². The Bertz CT molecular complexity index is 1810. The highest BCUT2D eigenvalue weighted by Crippen LogP contribution is 2.46. The molecule has 6 aromatic rings. The van der Waals surface area contributed by atoms with Crippen LogP contribution < -0.4 is 0 Å². The lowest BCUT2D eigenvalue weighted by Gasteiger charge is -2.20. The Labute approximate surface area is 212 Å². The maximum Gasteiger partial charge on any atom is -0.00200 e. The minimum absolute atomic E-state index is 1.15. The van der Waals surface area contributed by atoms with Crippen molar-refractivity contribution in [1.82, 2.24) is 0 Å². The topological polar surface area (TPSA) is 0 Å². The van der Waals surface area contributed by atoms with Crippen molar-refractivity contribution in [3.05, 3.63) is 132 Å². The molecule has 6 rings (SSSR count). The van der Waals surface area contributed by atoms with E-state index in [2.05, 4.69) is 136 Å². The number of benzene rings is 6. The zero-order valence-electron chi connectivity index (χ0n) is 20.8. The molecule has 0 saturated carbocycles. The van der Waals surface area contributed by atoms with Crippen LogP contribution in [0.1, 0.15) is 23.6 Å². The molecule has 0 fully saturated rings. The van der Waals surface area contributed by atoms with E-state index in [-0.39, 0.29) is 0 Å². The summed E-state index contributed by atoms with van der Waals surface area (Å²) in [6.07, 6.45) is 6.28. The molecular weight excluding hydrogens is 432 g/mol. The van der Waals surface area contributed by atoms with Gasteiger partial charge in [0.1, 0.15) is 0 Å². The maximum absolute atomic E-state index is 4.09. The van der Waals surface area contributed by atoms with Crippen LogP contribution in [0.25, 0.3) is 66.7 Å². The van der Waals surface area contributed by atoms with E-state index in [0.717, 1.165) is 5.56 Å². The largest absolute Gasteiger partial charge is 0.0984 e. The molecule has 6 aromatic carbocycles. The summed E-state index contributed by atoms with van der Waals surface area (Å²) in [5.41, 5.74) is 8.71. The Kier molecular flexibility index (Phi) is 5.51. The summed E-state index contributed by atoms with van der Waals surface area (Å²) in [5.74, 6) is 0. The first kappa shape index (κ1) is 22.1. The normalized spacial score (nSPS) is 11.6. The van der Waals surface area contributed by atoms with Crippen molar-refractivity contribution in [2.45, 2.75) is 13.8 Å². The zero-order valence-corrected chi connectivity index (χ0v) is 20.8. The molecule has 0 aliphatic rings. The number of fused-ring (bicyclic) bond motifs is 3. The Balaban J connectivity index is 1.85. The lowest BCUT2D eigenvalue weighted by molar-refractivity contribution is 1.51. The molecule has 0 atom stereocenters. The first-order valence-electron chi connectivity index (χ1n) is 12.5. The smallest absolute Gasteiger partial charge is 0.00200 e. The van der Waals surface area contributed by atoms with Crippen LogP contribution in [-0.2, 0) is 0 Å². The highest BCUT2D eigenvalue weighted by atomic mass is 14.2. The van der Waals surface area contributed by atoms with Gasteiger partial charge in [-0.1, -0.05) is 133 Å². The minimum Gasteiger partial charge on any atom is -0.0984 e. The lowest BCUT2D eigenvalue weighted by atomic mass is 9.82. The molecule has 0 spiro atoms. The molecule has 0 amide bonds. The second-order valence-corrected chi connectivity index (χ2v) is 9.38. The first-order valence-corrected chi connectivity index (χ1v) is 12.5. The predicted molar refractivity (Wildman–Crippen MR) is 159 cm³/mol. The number of rotatable bonds is 4. The van der Waals surface area contributed by atoms with Crippen LogP contribution in [0.3, 0.4) is 0 Å². The summed E-state index contributed by atoms with van der Waals surface area (Å²) in [7, 11) is 0. The SMILES string of the molecule is C=Cc1cccc(-c2c3ccccc3c(-c3cccc4ccccc34)c3cc(C)ccc23)c1/C=C\C. The highest BCUT2D eigenvalue weighted by Gasteiger charge is 2.19. The Hall–Kier alpha value is -4.42. The van der Waals surface area contributed by atoms with Crippen LogP contribution in [-0.4, -0.2) is 0 Å². The van der Waals surface area contributed by atoms with Gasteiger partial charge in [-0.15, -0.1) is 0 Å². The third kappa shape index (κ3) is 3.46. The van der Waals surface area contributed by atoms with Gasteiger partial charge < -0.3 is 0 Å². The molecule has 0 N–H and O–H groups in total. The summed E-state index contributed by atoms with van der Waals surface area (Å²) in [4.78, 5) is 0. The molecule has 0 unspecified atom stereocenters. The number of hydrogen-bond donors (Lipinski definition) is 0. The van der Waals surface area contributed by atoms with Crippen molar-refractivity contribution < 1.29 is 0 Å². The minimum atomic E-state index is 1.15. The summed E-state index contributed by atoms with van der Waals surface area (Å²) in [6.45, 7) is 8.36. The van der Waals surface area contributed by atoms with E-state index < -0.39 is 0 Å². The fourth-order valence-electron chi connectivity index (χ4n) is 5.65. The van der Waals surface area contributed by atoms with E-state index in [4.69, 9.17) is 0 Å². The second-order valence-electron chi connectivity index (χ2n) is 9.38. The third-order valence-corrected chi connectivity index (χ3v) is 7.20. The monoisotopic (exact) mass is 460 g/mol. The van der Waals surface area contributed by atoms with Crippen LogP contribution in [0.2, 0.25) is 0 Å². The van der Waals surface area contributed by atoms with E-state index in [9.17, 15) is 0 Å². The second kappa shape index (κ2) is 8.98. The third-order valence-electron chi connectivity index (χ3n) is 7.20. The number of allylic oxidation sites excluding steroid dienone is 1. The van der Waals surface area contributed by atoms with Crippen LogP contribution in [0.4, 0.5) is 0 Å². The van der Waals surface area contributed by atoms with Crippen molar-refractivity contribution >= 4 is 44.5 Å². The Morgan fingerprint density at radius 1 is 0.583 bits per heavy atom. The van der Waals surface area contributed by atoms with E-state index in [1.54, 1.807) is 0 Å². The predicted octanol–water partition coefficient (Wildman–Crippen LogP) is 10.5. The van der Waals surface area contributed by atoms with Crippen molar-refractivity contribution in [2.75, 3.05) is 0 Å². The van der Waals surface area contributed by atoms with Gasteiger partial charge in [-0.3, -0.25) is 0 Å². The van der Waals surface area contributed by atoms with Crippen LogP contribution in [0.5, 0.6) is 0 Å². The Morgan fingerprint density at radius 2 is 1.19 bits per heavy atom. The maximum atomic E-state index is 4.09. The van der Waals surface area contributed by atoms with Crippen molar-refractivity contribution in [3.63, 3.8) is 0 Å². The van der Waals surface area contributed by atoms with Gasteiger partial charge in [-0.05, 0) is 79.5 Å². The van der Waals surface area contributed by atoms with Gasteiger partial charge in [0.15, 0.2) is 0 Å². The van der Waals surface area contributed by atoms with E-state index >= 15 is 0 Å². The molecule has 0 nitrogen and oxygen atoms in total. The Morgan fingerprint density at radius 3 is 1.94 bits per heavy atom. The van der Waals surface area contributed by atoms with Gasteiger partial charge >= 0.3 is 0 Å². The van der Waals surface area contributed by atoms with Crippen molar-refractivity contribution in [1.29, 1.82) is 0 Å². The molecule has 0 aliphatic carbocycles. The zero-order chi connectivity index (χ0) is 24.6. The molecule has 0 bridgehead atoms. The van der Waals surface area contributed by atoms with E-state index in [1.165, 1.54) is 65.7 Å². The molecule has 172 valence electrons. The average Bonchev–Trinajstić information content (AvgIpc) is 2.92. The lowest BCUT2D eigenvalue weighted by Crippen LogP contribution is -1.94. The molecule has 36 heavy (non-hydrogen) atoms.